The van der Waals surface area contributed by atoms with Gasteiger partial charge in [-0.3, -0.25) is 4.79 Å². The molecule has 0 saturated carbocycles. The van der Waals surface area contributed by atoms with Crippen LogP contribution in [0.2, 0.25) is 0 Å². The maximum Gasteiger partial charge on any atom is 0.338 e. The molecule has 1 amide bonds. The first-order valence-electron chi connectivity index (χ1n) is 8.86. The second-order valence-electron chi connectivity index (χ2n) is 5.96. The van der Waals surface area contributed by atoms with Crippen LogP contribution in [-0.2, 0) is 20.9 Å². The van der Waals surface area contributed by atoms with Gasteiger partial charge >= 0.3 is 5.97 Å². The number of hydrogen-bond acceptors (Lipinski definition) is 7. The van der Waals surface area contributed by atoms with Crippen LogP contribution in [0.5, 0.6) is 5.75 Å². The van der Waals surface area contributed by atoms with Crippen molar-refractivity contribution in [3.63, 3.8) is 0 Å². The summed E-state index contributed by atoms with van der Waals surface area (Å²) in [6.45, 7) is 4.12. The molecule has 0 atom stereocenters. The number of nitrogens with zero attached hydrogens (tertiary/aromatic N) is 1. The van der Waals surface area contributed by atoms with E-state index >= 15 is 0 Å². The monoisotopic (exact) mass is 414 g/mol. The van der Waals surface area contributed by atoms with Crippen LogP contribution >= 0.6 is 11.8 Å². The molecule has 7 nitrogen and oxygen atoms in total. The van der Waals surface area contributed by atoms with Gasteiger partial charge in [0.1, 0.15) is 11.2 Å². The third kappa shape index (κ3) is 6.52. The van der Waals surface area contributed by atoms with Crippen LogP contribution in [0.15, 0.2) is 41.3 Å². The number of thioether (sulfide) groups is 1. The summed E-state index contributed by atoms with van der Waals surface area (Å²) in [6.07, 6.45) is 0. The Balaban J connectivity index is 1.96. The average Bonchev–Trinajstić information content (AvgIpc) is 2.72. The number of rotatable bonds is 9. The number of nitriles is 1. The zero-order valence-electron chi connectivity index (χ0n) is 16.5. The van der Waals surface area contributed by atoms with E-state index in [1.807, 2.05) is 19.2 Å². The minimum atomic E-state index is -0.613. The van der Waals surface area contributed by atoms with Crippen molar-refractivity contribution in [1.29, 1.82) is 5.26 Å². The Bertz CT molecular complexity index is 924. The summed E-state index contributed by atoms with van der Waals surface area (Å²) in [5.41, 5.74) is 2.43. The van der Waals surface area contributed by atoms with Crippen molar-refractivity contribution < 1.29 is 23.8 Å². The van der Waals surface area contributed by atoms with Crippen LogP contribution in [0.25, 0.3) is 0 Å². The summed E-state index contributed by atoms with van der Waals surface area (Å²) >= 11 is 1.04. The Labute approximate surface area is 174 Å². The van der Waals surface area contributed by atoms with Gasteiger partial charge in [-0.25, -0.2) is 4.79 Å². The summed E-state index contributed by atoms with van der Waals surface area (Å²) in [4.78, 5) is 25.2. The number of methoxy groups -OCH3 is 1. The highest BCUT2D eigenvalue weighted by atomic mass is 32.2. The first kappa shape index (κ1) is 22.3. The molecule has 2 aromatic carbocycles. The first-order chi connectivity index (χ1) is 14.0. The van der Waals surface area contributed by atoms with Gasteiger partial charge in [0.2, 0.25) is 0 Å². The van der Waals surface area contributed by atoms with Crippen LogP contribution in [0.3, 0.4) is 0 Å². The number of anilines is 1. The lowest BCUT2D eigenvalue weighted by atomic mass is 10.1. The molecule has 0 aliphatic rings. The molecule has 0 radical (unpaired) electrons. The summed E-state index contributed by atoms with van der Waals surface area (Å²) < 4.78 is 15.8. The number of benzene rings is 2. The Morgan fingerprint density at radius 3 is 2.66 bits per heavy atom. The van der Waals surface area contributed by atoms with Gasteiger partial charge in [-0.1, -0.05) is 0 Å². The Morgan fingerprint density at radius 1 is 1.21 bits per heavy atom. The highest BCUT2D eigenvalue weighted by molar-refractivity contribution is 8.03. The number of carbonyl (C=O) groups excluding carboxylic acids is 2. The van der Waals surface area contributed by atoms with Crippen LogP contribution in [0, 0.1) is 17.6 Å². The second kappa shape index (κ2) is 11.1. The number of thiocyanates is 1. The summed E-state index contributed by atoms with van der Waals surface area (Å²) in [5, 5.41) is 13.4. The average molecular weight is 414 g/mol. The fourth-order valence-electron chi connectivity index (χ4n) is 2.52. The fraction of sp³-hybridized carbons (Fsp3) is 0.286. The molecule has 1 N–H and O–H groups in total. The molecule has 0 aliphatic heterocycles. The van der Waals surface area contributed by atoms with Gasteiger partial charge in [0.25, 0.3) is 5.91 Å². The molecular weight excluding hydrogens is 392 g/mol. The van der Waals surface area contributed by atoms with E-state index in [-0.39, 0.29) is 0 Å². The zero-order chi connectivity index (χ0) is 21.2. The molecule has 0 heterocycles. The lowest BCUT2D eigenvalue weighted by Crippen LogP contribution is -2.21. The number of nitrogens with one attached hydrogen (secondary N) is 1. The van der Waals surface area contributed by atoms with Crippen LogP contribution in [0.4, 0.5) is 5.69 Å². The van der Waals surface area contributed by atoms with Gasteiger partial charge in [-0.15, -0.1) is 0 Å². The normalized spacial score (nSPS) is 10.1. The molecule has 2 rings (SSSR count). The maximum absolute atomic E-state index is 12.3. The molecule has 0 unspecified atom stereocenters. The van der Waals surface area contributed by atoms with Crippen LogP contribution < -0.4 is 10.1 Å². The van der Waals surface area contributed by atoms with Gasteiger partial charge in [-0.2, -0.15) is 5.26 Å². The van der Waals surface area contributed by atoms with E-state index in [0.717, 1.165) is 27.8 Å². The van der Waals surface area contributed by atoms with Gasteiger partial charge in [0.15, 0.2) is 6.61 Å². The molecule has 29 heavy (non-hydrogen) atoms. The molecule has 0 fully saturated rings. The number of amides is 1. The minimum Gasteiger partial charge on any atom is -0.496 e. The van der Waals surface area contributed by atoms with E-state index < -0.39 is 18.5 Å². The van der Waals surface area contributed by atoms with E-state index in [1.165, 1.54) is 0 Å². The number of esters is 1. The fourth-order valence-corrected chi connectivity index (χ4v) is 3.00. The second-order valence-corrected chi connectivity index (χ2v) is 6.82. The zero-order valence-corrected chi connectivity index (χ0v) is 17.3. The highest BCUT2D eigenvalue weighted by Crippen LogP contribution is 2.24. The van der Waals surface area contributed by atoms with E-state index in [9.17, 15) is 9.59 Å². The number of carbonyl (C=O) groups is 2. The summed E-state index contributed by atoms with van der Waals surface area (Å²) in [6, 6.07) is 10.1. The smallest absolute Gasteiger partial charge is 0.338 e. The molecule has 152 valence electrons. The SMILES string of the molecule is CCOCc1cc(C(=O)OCC(=O)Nc2ccc(SC#N)cc2C)ccc1OC. The van der Waals surface area contributed by atoms with Crippen molar-refractivity contribution in [3.05, 3.63) is 53.1 Å². The number of ether oxygens (including phenoxy) is 3. The largest absolute Gasteiger partial charge is 0.496 e. The first-order valence-corrected chi connectivity index (χ1v) is 9.68. The molecule has 0 bridgehead atoms. The van der Waals surface area contributed by atoms with Crippen molar-refractivity contribution in [2.24, 2.45) is 0 Å². The van der Waals surface area contributed by atoms with E-state index in [0.29, 0.717) is 30.2 Å². The standard InChI is InChI=1S/C21H22N2O5S/c1-4-27-11-16-10-15(5-8-19(16)26-3)21(25)28-12-20(24)23-18-7-6-17(29-13-22)9-14(18)2/h5-10H,4,11-12H2,1-3H3,(H,23,24). The molecule has 0 aliphatic carbocycles. The van der Waals surface area contributed by atoms with Crippen molar-refractivity contribution in [3.8, 4) is 11.2 Å². The molecule has 8 heteroatoms. The topological polar surface area (TPSA) is 97.6 Å². The Kier molecular flexibility index (Phi) is 8.52. The lowest BCUT2D eigenvalue weighted by molar-refractivity contribution is -0.119. The lowest BCUT2D eigenvalue weighted by Gasteiger charge is -2.12. The van der Waals surface area contributed by atoms with Crippen molar-refractivity contribution >= 4 is 29.3 Å². The quantitative estimate of drug-likeness (QED) is 0.377. The molecule has 0 spiro atoms. The summed E-state index contributed by atoms with van der Waals surface area (Å²) in [5.74, 6) is -0.454. The number of hydrogen-bond donors (Lipinski definition) is 1. The minimum absolute atomic E-state index is 0.306. The molecule has 2 aromatic rings. The van der Waals surface area contributed by atoms with Crippen molar-refractivity contribution in [2.45, 2.75) is 25.3 Å². The molecule has 0 saturated heterocycles. The predicted molar refractivity (Wildman–Crippen MR) is 110 cm³/mol. The highest BCUT2D eigenvalue weighted by Gasteiger charge is 2.14. The third-order valence-electron chi connectivity index (χ3n) is 3.95. The van der Waals surface area contributed by atoms with Crippen LogP contribution in [0.1, 0.15) is 28.4 Å². The third-order valence-corrected chi connectivity index (χ3v) is 4.53. The van der Waals surface area contributed by atoms with Gasteiger partial charge < -0.3 is 19.5 Å². The summed E-state index contributed by atoms with van der Waals surface area (Å²) in [7, 11) is 1.54. The molecule has 0 aromatic heterocycles. The van der Waals surface area contributed by atoms with E-state index in [2.05, 4.69) is 5.32 Å². The Hall–Kier alpha value is -3.02. The number of aryl methyl sites for hydroxylation is 1. The van der Waals surface area contributed by atoms with Crippen molar-refractivity contribution in [2.75, 3.05) is 25.6 Å². The maximum atomic E-state index is 12.3. The van der Waals surface area contributed by atoms with Gasteiger partial charge in [0, 0.05) is 22.8 Å². The van der Waals surface area contributed by atoms with Gasteiger partial charge in [-0.05, 0) is 67.6 Å². The van der Waals surface area contributed by atoms with Gasteiger partial charge in [0.05, 0.1) is 19.3 Å². The van der Waals surface area contributed by atoms with E-state index in [1.54, 1.807) is 43.5 Å². The van der Waals surface area contributed by atoms with Crippen LogP contribution in [-0.4, -0.2) is 32.2 Å². The molecular formula is C21H22N2O5S. The van der Waals surface area contributed by atoms with E-state index in [4.69, 9.17) is 19.5 Å². The Morgan fingerprint density at radius 2 is 2.00 bits per heavy atom. The predicted octanol–water partition coefficient (Wildman–Crippen LogP) is 3.91. The van der Waals surface area contributed by atoms with Crippen molar-refractivity contribution in [1.82, 2.24) is 0 Å².